The molecule has 0 amide bonds. The zero-order chi connectivity index (χ0) is 15.6. The monoisotopic (exact) mass is 297 g/mol. The van der Waals surface area contributed by atoms with Gasteiger partial charge in [0.2, 0.25) is 0 Å². The summed E-state index contributed by atoms with van der Waals surface area (Å²) in [7, 11) is -3.51. The summed E-state index contributed by atoms with van der Waals surface area (Å²) in [5.41, 5.74) is 0.531. The van der Waals surface area contributed by atoms with Crippen molar-refractivity contribution in [3.05, 3.63) is 41.3 Å². The van der Waals surface area contributed by atoms with E-state index in [2.05, 4.69) is 0 Å². The van der Waals surface area contributed by atoms with Crippen LogP contribution in [0.5, 0.6) is 0 Å². The Morgan fingerprint density at radius 3 is 2.10 bits per heavy atom. The predicted molar refractivity (Wildman–Crippen MR) is 77.5 cm³/mol. The zero-order valence-corrected chi connectivity index (χ0v) is 13.4. The molecule has 111 valence electrons. The van der Waals surface area contributed by atoms with Crippen molar-refractivity contribution in [3.63, 3.8) is 0 Å². The second kappa shape index (κ2) is 5.87. The van der Waals surface area contributed by atoms with Gasteiger partial charge in [0.1, 0.15) is 5.60 Å². The number of benzene rings is 1. The number of rotatable bonds is 4. The molecule has 0 aromatic heterocycles. The molecule has 1 radical (unpaired) electrons. The van der Waals surface area contributed by atoms with Gasteiger partial charge in [-0.2, -0.15) is 0 Å². The van der Waals surface area contributed by atoms with Gasteiger partial charge in [0.05, 0.1) is 10.6 Å². The molecule has 0 spiro atoms. The van der Waals surface area contributed by atoms with Gasteiger partial charge in [0, 0.05) is 5.57 Å². The van der Waals surface area contributed by atoms with Crippen molar-refractivity contribution in [1.29, 1.82) is 0 Å². The van der Waals surface area contributed by atoms with Crippen molar-refractivity contribution in [2.45, 2.75) is 45.1 Å². The topological polar surface area (TPSA) is 63.3 Å². The third-order valence-corrected chi connectivity index (χ3v) is 4.34. The van der Waals surface area contributed by atoms with E-state index < -0.39 is 21.4 Å². The molecule has 20 heavy (non-hydrogen) atoms. The third kappa shape index (κ3) is 4.89. The van der Waals surface area contributed by atoms with Gasteiger partial charge in [-0.3, -0.25) is 0 Å². The molecule has 1 rings (SSSR count). The normalized spacial score (nSPS) is 13.8. The molecule has 0 aliphatic heterocycles. The van der Waals surface area contributed by atoms with Crippen LogP contribution in [0.25, 0.3) is 0 Å². The van der Waals surface area contributed by atoms with Crippen LogP contribution < -0.4 is 0 Å². The highest BCUT2D eigenvalue weighted by atomic mass is 32.2. The quantitative estimate of drug-likeness (QED) is 0.801. The van der Waals surface area contributed by atoms with Gasteiger partial charge >= 0.3 is 5.95 Å². The fourth-order valence-electron chi connectivity index (χ4n) is 1.54. The molecule has 0 unspecified atom stereocenters. The van der Waals surface area contributed by atoms with Crippen molar-refractivity contribution < 1.29 is 18.3 Å². The Labute approximate surface area is 121 Å². The van der Waals surface area contributed by atoms with Gasteiger partial charge in [-0.05, 0) is 46.8 Å². The second-order valence-corrected chi connectivity index (χ2v) is 7.84. The van der Waals surface area contributed by atoms with Crippen molar-refractivity contribution in [2.24, 2.45) is 0 Å². The summed E-state index contributed by atoms with van der Waals surface area (Å²) in [4.78, 5) is 0.214. The standard InChI is InChI=1S/C15H21O4S/c1-11-6-8-13(9-7-11)20(17,18)10-12(2)14(16)19-15(3,4)5/h6-9H,10H2,1-5H3. The minimum atomic E-state index is -3.51. The van der Waals surface area contributed by atoms with E-state index in [1.165, 1.54) is 6.92 Å². The van der Waals surface area contributed by atoms with Gasteiger partial charge in [-0.1, -0.05) is 17.7 Å². The van der Waals surface area contributed by atoms with E-state index in [4.69, 9.17) is 4.74 Å². The maximum atomic E-state index is 12.2. The van der Waals surface area contributed by atoms with Gasteiger partial charge in [-0.25, -0.2) is 13.5 Å². The summed E-state index contributed by atoms with van der Waals surface area (Å²) < 4.78 is 29.6. The third-order valence-electron chi connectivity index (χ3n) is 2.53. The smallest absolute Gasteiger partial charge is 0.331 e. The predicted octanol–water partition coefficient (Wildman–Crippen LogP) is 3.25. The lowest BCUT2D eigenvalue weighted by Crippen LogP contribution is -2.20. The van der Waals surface area contributed by atoms with Crippen LogP contribution in [0.1, 0.15) is 33.3 Å². The fraction of sp³-hybridized carbons (Fsp3) is 0.467. The van der Waals surface area contributed by atoms with Crippen molar-refractivity contribution in [3.8, 4) is 0 Å². The van der Waals surface area contributed by atoms with Gasteiger partial charge in [0.25, 0.3) is 0 Å². The SMILES string of the molecule is CC(CS(=O)(=O)c1ccc(C)cc1)=C([O])OC(C)(C)C. The Kier molecular flexibility index (Phi) is 4.86. The summed E-state index contributed by atoms with van der Waals surface area (Å²) in [5, 5.41) is 11.8. The average Bonchev–Trinajstić information content (AvgIpc) is 2.26. The summed E-state index contributed by atoms with van der Waals surface area (Å²) in [6.07, 6.45) is 0. The van der Waals surface area contributed by atoms with Gasteiger partial charge in [-0.15, -0.1) is 0 Å². The van der Waals surface area contributed by atoms with Crippen LogP contribution in [0.3, 0.4) is 0 Å². The number of ether oxygens (including phenoxy) is 1. The molecular formula is C15H21O4S. The van der Waals surface area contributed by atoms with Crippen molar-refractivity contribution in [1.82, 2.24) is 0 Å². The van der Waals surface area contributed by atoms with Crippen LogP contribution in [0.4, 0.5) is 0 Å². The molecule has 0 bridgehead atoms. The van der Waals surface area contributed by atoms with E-state index in [-0.39, 0.29) is 16.2 Å². The Bertz CT molecular complexity index is 590. The maximum Gasteiger partial charge on any atom is 0.331 e. The van der Waals surface area contributed by atoms with Crippen LogP contribution in [-0.4, -0.2) is 19.8 Å². The molecule has 1 aromatic carbocycles. The molecule has 0 aliphatic carbocycles. The molecule has 1 aromatic rings. The van der Waals surface area contributed by atoms with Crippen LogP contribution in [0.15, 0.2) is 40.7 Å². The van der Waals surface area contributed by atoms with E-state index >= 15 is 0 Å². The van der Waals surface area contributed by atoms with Crippen LogP contribution in [0, 0.1) is 6.92 Å². The Morgan fingerprint density at radius 2 is 1.65 bits per heavy atom. The highest BCUT2D eigenvalue weighted by Crippen LogP contribution is 2.19. The summed E-state index contributed by atoms with van der Waals surface area (Å²) in [6, 6.07) is 6.56. The van der Waals surface area contributed by atoms with Crippen molar-refractivity contribution >= 4 is 9.84 Å². The summed E-state index contributed by atoms with van der Waals surface area (Å²) in [6.45, 7) is 8.60. The lowest BCUT2D eigenvalue weighted by molar-refractivity contribution is -0.0404. The molecule has 4 nitrogen and oxygen atoms in total. The van der Waals surface area contributed by atoms with Gasteiger partial charge < -0.3 is 4.74 Å². The molecule has 0 aliphatic rings. The van der Waals surface area contributed by atoms with E-state index in [0.29, 0.717) is 0 Å². The van der Waals surface area contributed by atoms with Crippen molar-refractivity contribution in [2.75, 3.05) is 5.75 Å². The fourth-order valence-corrected chi connectivity index (χ4v) is 2.94. The average molecular weight is 297 g/mol. The molecule has 0 saturated heterocycles. The summed E-state index contributed by atoms with van der Waals surface area (Å²) >= 11 is 0. The maximum absolute atomic E-state index is 12.2. The summed E-state index contributed by atoms with van der Waals surface area (Å²) in [5.74, 6) is -0.904. The van der Waals surface area contributed by atoms with Crippen LogP contribution >= 0.6 is 0 Å². The number of hydrogen-bond donors (Lipinski definition) is 0. The number of sulfone groups is 1. The molecule has 0 fully saturated rings. The molecule has 0 atom stereocenters. The minimum Gasteiger partial charge on any atom is -0.457 e. The highest BCUT2D eigenvalue weighted by Gasteiger charge is 2.21. The van der Waals surface area contributed by atoms with E-state index in [9.17, 15) is 13.5 Å². The molecule has 5 heteroatoms. The van der Waals surface area contributed by atoms with E-state index in [1.807, 2.05) is 6.92 Å². The Hall–Kier alpha value is -1.49. The highest BCUT2D eigenvalue weighted by molar-refractivity contribution is 7.91. The molecule has 0 saturated carbocycles. The first-order valence-corrected chi connectivity index (χ1v) is 8.02. The molecule has 0 heterocycles. The molecular weight excluding hydrogens is 276 g/mol. The molecule has 0 N–H and O–H groups in total. The van der Waals surface area contributed by atoms with Crippen LogP contribution in [-0.2, 0) is 19.7 Å². The van der Waals surface area contributed by atoms with Gasteiger partial charge in [0.15, 0.2) is 9.84 Å². The van der Waals surface area contributed by atoms with Crippen LogP contribution in [0.2, 0.25) is 0 Å². The number of hydrogen-bond acceptors (Lipinski definition) is 3. The first-order chi connectivity index (χ1) is 9.01. The zero-order valence-electron chi connectivity index (χ0n) is 12.6. The first kappa shape index (κ1) is 16.6. The minimum absolute atomic E-state index is 0.181. The Balaban J connectivity index is 2.96. The lowest BCUT2D eigenvalue weighted by Gasteiger charge is -2.19. The second-order valence-electron chi connectivity index (χ2n) is 5.85. The number of aryl methyl sites for hydroxylation is 1. The first-order valence-electron chi connectivity index (χ1n) is 6.36. The largest absolute Gasteiger partial charge is 0.457 e. The van der Waals surface area contributed by atoms with E-state index in [0.717, 1.165) is 5.56 Å². The lowest BCUT2D eigenvalue weighted by atomic mass is 10.2. The van der Waals surface area contributed by atoms with E-state index in [1.54, 1.807) is 45.0 Å². The Morgan fingerprint density at radius 1 is 1.15 bits per heavy atom.